The Morgan fingerprint density at radius 2 is 2.22 bits per heavy atom. The number of rotatable bonds is 3. The molecule has 1 fully saturated rings. The van der Waals surface area contributed by atoms with E-state index in [1.807, 2.05) is 18.2 Å². The standard InChI is InChI=1S/C14H17BrN2O/c1-14(2)12(7-13(14)18-3)17-11-6-10(15)5-4-9(11)8-16/h4-6,12-13,17H,7H2,1-3H3. The molecule has 1 aliphatic carbocycles. The predicted molar refractivity (Wildman–Crippen MR) is 75.5 cm³/mol. The molecule has 0 radical (unpaired) electrons. The zero-order valence-corrected chi connectivity index (χ0v) is 12.4. The lowest BCUT2D eigenvalue weighted by molar-refractivity contribution is -0.0794. The van der Waals surface area contributed by atoms with E-state index < -0.39 is 0 Å². The van der Waals surface area contributed by atoms with E-state index in [9.17, 15) is 0 Å². The number of hydrogen-bond donors (Lipinski definition) is 1. The Kier molecular flexibility index (Phi) is 3.65. The van der Waals surface area contributed by atoms with E-state index in [-0.39, 0.29) is 11.5 Å². The number of methoxy groups -OCH3 is 1. The van der Waals surface area contributed by atoms with Gasteiger partial charge in [0.1, 0.15) is 6.07 Å². The molecule has 1 aromatic rings. The second-order valence-electron chi connectivity index (χ2n) is 5.28. The average molecular weight is 309 g/mol. The molecule has 0 spiro atoms. The summed E-state index contributed by atoms with van der Waals surface area (Å²) in [5.74, 6) is 0. The molecule has 3 nitrogen and oxygen atoms in total. The highest BCUT2D eigenvalue weighted by Gasteiger charge is 2.48. The Bertz CT molecular complexity index is 493. The number of benzene rings is 1. The largest absolute Gasteiger partial charge is 0.381 e. The topological polar surface area (TPSA) is 45.0 Å². The van der Waals surface area contributed by atoms with Crippen LogP contribution in [0.25, 0.3) is 0 Å². The summed E-state index contributed by atoms with van der Waals surface area (Å²) in [5.41, 5.74) is 1.65. The molecule has 1 saturated carbocycles. The summed E-state index contributed by atoms with van der Waals surface area (Å²) in [4.78, 5) is 0. The SMILES string of the molecule is COC1CC(Nc2cc(Br)ccc2C#N)C1(C)C. The van der Waals surface area contributed by atoms with Crippen LogP contribution in [0.4, 0.5) is 5.69 Å². The van der Waals surface area contributed by atoms with Crippen molar-refractivity contribution in [3.63, 3.8) is 0 Å². The quantitative estimate of drug-likeness (QED) is 0.929. The van der Waals surface area contributed by atoms with E-state index in [4.69, 9.17) is 10.00 Å². The van der Waals surface area contributed by atoms with Crippen LogP contribution in [-0.2, 0) is 4.74 Å². The van der Waals surface area contributed by atoms with Crippen LogP contribution in [0, 0.1) is 16.7 Å². The average Bonchev–Trinajstić information content (AvgIpc) is 2.34. The maximum atomic E-state index is 9.11. The monoisotopic (exact) mass is 308 g/mol. The van der Waals surface area contributed by atoms with Gasteiger partial charge in [0.2, 0.25) is 0 Å². The summed E-state index contributed by atoms with van der Waals surface area (Å²) in [5, 5.41) is 12.6. The number of nitrogens with zero attached hydrogens (tertiary/aromatic N) is 1. The summed E-state index contributed by atoms with van der Waals surface area (Å²) < 4.78 is 6.41. The van der Waals surface area contributed by atoms with Crippen molar-refractivity contribution in [3.05, 3.63) is 28.2 Å². The van der Waals surface area contributed by atoms with Crippen molar-refractivity contribution >= 4 is 21.6 Å². The number of nitriles is 1. The van der Waals surface area contributed by atoms with E-state index in [0.717, 1.165) is 16.6 Å². The first kappa shape index (κ1) is 13.4. The van der Waals surface area contributed by atoms with Gasteiger partial charge in [-0.25, -0.2) is 0 Å². The lowest BCUT2D eigenvalue weighted by Gasteiger charge is -2.51. The third-order valence-corrected chi connectivity index (χ3v) is 4.39. The minimum absolute atomic E-state index is 0.0871. The van der Waals surface area contributed by atoms with Gasteiger partial charge in [-0.2, -0.15) is 5.26 Å². The van der Waals surface area contributed by atoms with E-state index >= 15 is 0 Å². The van der Waals surface area contributed by atoms with Crippen LogP contribution >= 0.6 is 15.9 Å². The summed E-state index contributed by atoms with van der Waals surface area (Å²) in [6.07, 6.45) is 1.26. The summed E-state index contributed by atoms with van der Waals surface area (Å²) in [7, 11) is 1.75. The molecular weight excluding hydrogens is 292 g/mol. The van der Waals surface area contributed by atoms with Gasteiger partial charge in [0.15, 0.2) is 0 Å². The lowest BCUT2D eigenvalue weighted by Crippen LogP contribution is -2.57. The van der Waals surface area contributed by atoms with Crippen molar-refractivity contribution in [1.29, 1.82) is 5.26 Å². The Balaban J connectivity index is 2.17. The van der Waals surface area contributed by atoms with Crippen molar-refractivity contribution < 1.29 is 4.74 Å². The second-order valence-corrected chi connectivity index (χ2v) is 6.20. The molecule has 4 heteroatoms. The first-order valence-corrected chi connectivity index (χ1v) is 6.77. The molecular formula is C14H17BrN2O. The Morgan fingerprint density at radius 3 is 2.78 bits per heavy atom. The van der Waals surface area contributed by atoms with Gasteiger partial charge in [-0.3, -0.25) is 0 Å². The van der Waals surface area contributed by atoms with Gasteiger partial charge in [0.05, 0.1) is 17.4 Å². The Labute approximate surface area is 116 Å². The van der Waals surface area contributed by atoms with Gasteiger partial charge in [0.25, 0.3) is 0 Å². The Hall–Kier alpha value is -1.05. The van der Waals surface area contributed by atoms with Gasteiger partial charge < -0.3 is 10.1 Å². The minimum atomic E-state index is 0.0871. The molecule has 0 saturated heterocycles. The highest BCUT2D eigenvalue weighted by atomic mass is 79.9. The number of ether oxygens (including phenoxy) is 1. The first-order valence-electron chi connectivity index (χ1n) is 5.98. The van der Waals surface area contributed by atoms with E-state index in [0.29, 0.717) is 11.6 Å². The summed E-state index contributed by atoms with van der Waals surface area (Å²) in [6.45, 7) is 4.37. The second kappa shape index (κ2) is 4.91. The van der Waals surface area contributed by atoms with Gasteiger partial charge in [-0.1, -0.05) is 29.8 Å². The molecule has 0 aliphatic heterocycles. The molecule has 1 aliphatic rings. The molecule has 0 bridgehead atoms. The van der Waals surface area contributed by atoms with Crippen LogP contribution in [0.1, 0.15) is 25.8 Å². The van der Waals surface area contributed by atoms with Crippen molar-refractivity contribution in [2.24, 2.45) is 5.41 Å². The molecule has 2 unspecified atom stereocenters. The van der Waals surface area contributed by atoms with Gasteiger partial charge in [0, 0.05) is 23.0 Å². The van der Waals surface area contributed by atoms with Gasteiger partial charge >= 0.3 is 0 Å². The van der Waals surface area contributed by atoms with E-state index in [2.05, 4.69) is 41.2 Å². The van der Waals surface area contributed by atoms with Crippen molar-refractivity contribution in [2.75, 3.05) is 12.4 Å². The highest BCUT2D eigenvalue weighted by molar-refractivity contribution is 9.10. The Morgan fingerprint density at radius 1 is 1.50 bits per heavy atom. The lowest BCUT2D eigenvalue weighted by atomic mass is 9.64. The molecule has 18 heavy (non-hydrogen) atoms. The van der Waals surface area contributed by atoms with Crippen molar-refractivity contribution in [3.8, 4) is 6.07 Å². The molecule has 2 rings (SSSR count). The highest BCUT2D eigenvalue weighted by Crippen LogP contribution is 2.44. The molecule has 2 atom stereocenters. The molecule has 0 amide bonds. The fourth-order valence-corrected chi connectivity index (χ4v) is 2.81. The number of halogens is 1. The zero-order valence-electron chi connectivity index (χ0n) is 10.8. The zero-order chi connectivity index (χ0) is 13.3. The molecule has 0 aromatic heterocycles. The fraction of sp³-hybridized carbons (Fsp3) is 0.500. The van der Waals surface area contributed by atoms with Crippen molar-refractivity contribution in [1.82, 2.24) is 0 Å². The fourth-order valence-electron chi connectivity index (χ4n) is 2.45. The normalized spacial score (nSPS) is 25.1. The van der Waals surface area contributed by atoms with E-state index in [1.54, 1.807) is 7.11 Å². The minimum Gasteiger partial charge on any atom is -0.381 e. The smallest absolute Gasteiger partial charge is 0.101 e. The molecule has 1 N–H and O–H groups in total. The maximum Gasteiger partial charge on any atom is 0.101 e. The summed E-state index contributed by atoms with van der Waals surface area (Å²) >= 11 is 3.44. The predicted octanol–water partition coefficient (Wildman–Crippen LogP) is 3.55. The van der Waals surface area contributed by atoms with Crippen molar-refractivity contribution in [2.45, 2.75) is 32.4 Å². The third kappa shape index (κ3) is 2.25. The van der Waals surface area contributed by atoms with E-state index in [1.165, 1.54) is 0 Å². The number of anilines is 1. The van der Waals surface area contributed by atoms with Crippen LogP contribution in [0.5, 0.6) is 0 Å². The van der Waals surface area contributed by atoms with Gasteiger partial charge in [-0.05, 0) is 24.6 Å². The molecule has 96 valence electrons. The van der Waals surface area contributed by atoms with Crippen LogP contribution in [0.2, 0.25) is 0 Å². The summed E-state index contributed by atoms with van der Waals surface area (Å²) in [6, 6.07) is 8.21. The molecule has 0 heterocycles. The van der Waals surface area contributed by atoms with Crippen LogP contribution < -0.4 is 5.32 Å². The first-order chi connectivity index (χ1) is 8.48. The van der Waals surface area contributed by atoms with Crippen LogP contribution in [0.15, 0.2) is 22.7 Å². The third-order valence-electron chi connectivity index (χ3n) is 3.89. The number of hydrogen-bond acceptors (Lipinski definition) is 3. The van der Waals surface area contributed by atoms with Crippen LogP contribution in [0.3, 0.4) is 0 Å². The number of nitrogens with one attached hydrogen (secondary N) is 1. The van der Waals surface area contributed by atoms with Crippen LogP contribution in [-0.4, -0.2) is 19.3 Å². The maximum absolute atomic E-state index is 9.11. The molecule has 1 aromatic carbocycles. The van der Waals surface area contributed by atoms with Gasteiger partial charge in [-0.15, -0.1) is 0 Å².